The minimum Gasteiger partial charge on any atom is -0.490 e. The summed E-state index contributed by atoms with van der Waals surface area (Å²) >= 11 is 12.0. The normalized spacial score (nSPS) is 10.7. The standard InChI is InChI=1S/C12H9Cl2NO4/c1-2-18-8-4-7(13)9(14)5-3-6(11(15)16)12(17)19-10(5)8/h3-4H,2H2,1H3,(H2,15,16). The molecule has 0 fully saturated rings. The Hall–Kier alpha value is -1.72. The van der Waals surface area contributed by atoms with Gasteiger partial charge in [-0.2, -0.15) is 0 Å². The zero-order valence-electron chi connectivity index (χ0n) is 9.83. The number of benzene rings is 1. The molecule has 5 nitrogen and oxygen atoms in total. The van der Waals surface area contributed by atoms with E-state index in [2.05, 4.69) is 0 Å². The quantitative estimate of drug-likeness (QED) is 0.883. The van der Waals surface area contributed by atoms with Crippen molar-refractivity contribution in [3.8, 4) is 5.75 Å². The van der Waals surface area contributed by atoms with Crippen LogP contribution in [0.2, 0.25) is 10.0 Å². The first kappa shape index (κ1) is 13.7. The molecule has 1 heterocycles. The number of amides is 1. The monoisotopic (exact) mass is 301 g/mol. The number of fused-ring (bicyclic) bond motifs is 1. The van der Waals surface area contributed by atoms with E-state index in [1.54, 1.807) is 6.92 Å². The van der Waals surface area contributed by atoms with Gasteiger partial charge in [0.2, 0.25) is 0 Å². The SMILES string of the molecule is CCOc1cc(Cl)c(Cl)c2cc(C(N)=O)c(=O)oc12. The summed E-state index contributed by atoms with van der Waals surface area (Å²) in [6, 6.07) is 2.70. The minimum atomic E-state index is -0.898. The van der Waals surface area contributed by atoms with Gasteiger partial charge in [-0.15, -0.1) is 0 Å². The molecule has 2 aromatic rings. The lowest BCUT2D eigenvalue weighted by Gasteiger charge is -2.09. The number of hydrogen-bond acceptors (Lipinski definition) is 4. The number of halogens is 2. The predicted octanol–water partition coefficient (Wildman–Crippen LogP) is 2.60. The van der Waals surface area contributed by atoms with Gasteiger partial charge in [-0.3, -0.25) is 4.79 Å². The summed E-state index contributed by atoms with van der Waals surface area (Å²) in [5, 5.41) is 0.680. The molecule has 0 bridgehead atoms. The first-order chi connectivity index (χ1) is 8.95. The molecule has 0 atom stereocenters. The molecule has 1 aromatic carbocycles. The number of ether oxygens (including phenoxy) is 1. The van der Waals surface area contributed by atoms with Crippen LogP contribution in [0.25, 0.3) is 11.0 Å². The molecule has 0 spiro atoms. The smallest absolute Gasteiger partial charge is 0.349 e. The molecule has 100 valence electrons. The Kier molecular flexibility index (Phi) is 3.68. The van der Waals surface area contributed by atoms with Crippen LogP contribution in [0.15, 0.2) is 21.3 Å². The van der Waals surface area contributed by atoms with E-state index in [1.165, 1.54) is 12.1 Å². The molecular formula is C12H9Cl2NO4. The molecule has 2 N–H and O–H groups in total. The number of carbonyl (C=O) groups excluding carboxylic acids is 1. The summed E-state index contributed by atoms with van der Waals surface area (Å²) in [5.41, 5.74) is 4.07. The average Bonchev–Trinajstić information content (AvgIpc) is 2.35. The highest BCUT2D eigenvalue weighted by molar-refractivity contribution is 6.45. The topological polar surface area (TPSA) is 82.5 Å². The van der Waals surface area contributed by atoms with Gasteiger partial charge in [-0.25, -0.2) is 4.79 Å². The minimum absolute atomic E-state index is 0.131. The van der Waals surface area contributed by atoms with Crippen molar-refractivity contribution in [3.05, 3.63) is 38.2 Å². The molecule has 0 radical (unpaired) electrons. The van der Waals surface area contributed by atoms with Gasteiger partial charge < -0.3 is 14.9 Å². The number of nitrogens with two attached hydrogens (primary N) is 1. The second-order valence-electron chi connectivity index (χ2n) is 3.66. The molecule has 1 amide bonds. The summed E-state index contributed by atoms with van der Waals surface area (Å²) in [4.78, 5) is 22.8. The molecule has 1 aromatic heterocycles. The number of primary amides is 1. The lowest BCUT2D eigenvalue weighted by molar-refractivity contribution is 0.0997. The maximum atomic E-state index is 11.6. The molecule has 0 aliphatic carbocycles. The van der Waals surface area contributed by atoms with E-state index in [0.29, 0.717) is 12.0 Å². The largest absolute Gasteiger partial charge is 0.490 e. The van der Waals surface area contributed by atoms with Gasteiger partial charge in [0.1, 0.15) is 5.56 Å². The van der Waals surface area contributed by atoms with Crippen molar-refractivity contribution in [1.82, 2.24) is 0 Å². The summed E-state index contributed by atoms with van der Waals surface area (Å²) < 4.78 is 10.4. The highest BCUT2D eigenvalue weighted by Gasteiger charge is 2.17. The Morgan fingerprint density at radius 1 is 1.42 bits per heavy atom. The Labute approximate surface area is 117 Å². The maximum absolute atomic E-state index is 11.6. The van der Waals surface area contributed by atoms with Crippen LogP contribution in [0.4, 0.5) is 0 Å². The molecule has 0 unspecified atom stereocenters. The van der Waals surface area contributed by atoms with Gasteiger partial charge in [0.05, 0.1) is 16.7 Å². The van der Waals surface area contributed by atoms with Crippen LogP contribution in [-0.2, 0) is 0 Å². The molecule has 0 saturated carbocycles. The van der Waals surface area contributed by atoms with Gasteiger partial charge in [-0.05, 0) is 13.0 Å². The Morgan fingerprint density at radius 2 is 2.11 bits per heavy atom. The predicted molar refractivity (Wildman–Crippen MR) is 72.2 cm³/mol. The summed E-state index contributed by atoms with van der Waals surface area (Å²) in [6.45, 7) is 2.12. The van der Waals surface area contributed by atoms with Crippen molar-refractivity contribution in [2.24, 2.45) is 5.73 Å². The first-order valence-corrected chi connectivity index (χ1v) is 6.09. The van der Waals surface area contributed by atoms with E-state index in [1.807, 2.05) is 0 Å². The van der Waals surface area contributed by atoms with Crippen LogP contribution in [0.1, 0.15) is 17.3 Å². The third-order valence-electron chi connectivity index (χ3n) is 2.44. The van der Waals surface area contributed by atoms with Crippen LogP contribution in [0.3, 0.4) is 0 Å². The Balaban J connectivity index is 2.89. The number of hydrogen-bond donors (Lipinski definition) is 1. The molecular weight excluding hydrogens is 293 g/mol. The fourth-order valence-electron chi connectivity index (χ4n) is 1.62. The third kappa shape index (κ3) is 2.39. The zero-order chi connectivity index (χ0) is 14.2. The van der Waals surface area contributed by atoms with Gasteiger partial charge in [0, 0.05) is 11.5 Å². The van der Waals surface area contributed by atoms with E-state index < -0.39 is 11.5 Å². The number of carbonyl (C=O) groups is 1. The zero-order valence-corrected chi connectivity index (χ0v) is 11.3. The fourth-order valence-corrected chi connectivity index (χ4v) is 2.02. The summed E-state index contributed by atoms with van der Waals surface area (Å²) in [6.07, 6.45) is 0. The van der Waals surface area contributed by atoms with Crippen LogP contribution < -0.4 is 16.1 Å². The summed E-state index contributed by atoms with van der Waals surface area (Å²) in [5.74, 6) is -0.621. The van der Waals surface area contributed by atoms with Crippen molar-refractivity contribution >= 4 is 40.1 Å². The highest BCUT2D eigenvalue weighted by atomic mass is 35.5. The van der Waals surface area contributed by atoms with E-state index in [9.17, 15) is 9.59 Å². The lowest BCUT2D eigenvalue weighted by Crippen LogP contribution is -2.20. The third-order valence-corrected chi connectivity index (χ3v) is 3.24. The van der Waals surface area contributed by atoms with Gasteiger partial charge in [0.25, 0.3) is 5.91 Å². The lowest BCUT2D eigenvalue weighted by atomic mass is 10.1. The molecule has 2 rings (SSSR count). The van der Waals surface area contributed by atoms with Gasteiger partial charge >= 0.3 is 5.63 Å². The van der Waals surface area contributed by atoms with Gasteiger partial charge in [0.15, 0.2) is 11.3 Å². The summed E-state index contributed by atoms with van der Waals surface area (Å²) in [7, 11) is 0. The first-order valence-electron chi connectivity index (χ1n) is 5.34. The van der Waals surface area contributed by atoms with Crippen molar-refractivity contribution in [2.45, 2.75) is 6.92 Å². The number of rotatable bonds is 3. The van der Waals surface area contributed by atoms with Crippen molar-refractivity contribution in [3.63, 3.8) is 0 Å². The maximum Gasteiger partial charge on any atom is 0.349 e. The average molecular weight is 302 g/mol. The van der Waals surface area contributed by atoms with Crippen molar-refractivity contribution in [1.29, 1.82) is 0 Å². The molecule has 0 aliphatic rings. The van der Waals surface area contributed by atoms with Crippen LogP contribution in [0.5, 0.6) is 5.75 Å². The molecule has 0 saturated heterocycles. The molecule has 0 aliphatic heterocycles. The van der Waals surface area contributed by atoms with E-state index in [-0.39, 0.29) is 26.9 Å². The van der Waals surface area contributed by atoms with E-state index in [0.717, 1.165) is 0 Å². The second kappa shape index (κ2) is 5.11. The van der Waals surface area contributed by atoms with Crippen LogP contribution in [-0.4, -0.2) is 12.5 Å². The van der Waals surface area contributed by atoms with Crippen molar-refractivity contribution in [2.75, 3.05) is 6.61 Å². The highest BCUT2D eigenvalue weighted by Crippen LogP contribution is 2.37. The van der Waals surface area contributed by atoms with Crippen LogP contribution >= 0.6 is 23.2 Å². The molecule has 7 heteroatoms. The van der Waals surface area contributed by atoms with Crippen LogP contribution in [0, 0.1) is 0 Å². The second-order valence-corrected chi connectivity index (χ2v) is 4.44. The Morgan fingerprint density at radius 3 is 2.68 bits per heavy atom. The van der Waals surface area contributed by atoms with E-state index >= 15 is 0 Å². The fraction of sp³-hybridized carbons (Fsp3) is 0.167. The van der Waals surface area contributed by atoms with E-state index in [4.69, 9.17) is 38.1 Å². The van der Waals surface area contributed by atoms with Gasteiger partial charge in [-0.1, -0.05) is 23.2 Å². The van der Waals surface area contributed by atoms with Crippen molar-refractivity contribution < 1.29 is 13.9 Å². The molecule has 19 heavy (non-hydrogen) atoms. The Bertz CT molecular complexity index is 724.